The Bertz CT molecular complexity index is 759. The van der Waals surface area contributed by atoms with E-state index in [1.165, 1.54) is 32.4 Å². The lowest BCUT2D eigenvalue weighted by atomic mass is 10.2. The summed E-state index contributed by atoms with van der Waals surface area (Å²) in [5, 5.41) is 0.803. The van der Waals surface area contributed by atoms with Gasteiger partial charge in [-0.05, 0) is 31.0 Å². The maximum Gasteiger partial charge on any atom is 0.333 e. The largest absolute Gasteiger partial charge is 0.495 e. The Morgan fingerprint density at radius 2 is 1.92 bits per heavy atom. The van der Waals surface area contributed by atoms with Gasteiger partial charge in [-0.2, -0.15) is 0 Å². The van der Waals surface area contributed by atoms with Crippen molar-refractivity contribution in [3.63, 3.8) is 0 Å². The molecule has 0 aromatic heterocycles. The van der Waals surface area contributed by atoms with Gasteiger partial charge in [-0.3, -0.25) is 10.2 Å². The Labute approximate surface area is 146 Å². The number of nitrogens with zero attached hydrogens (tertiary/aromatic N) is 1. The lowest BCUT2D eigenvalue weighted by Crippen LogP contribution is -2.46. The Morgan fingerprint density at radius 3 is 2.48 bits per heavy atom. The van der Waals surface area contributed by atoms with E-state index in [1.54, 1.807) is 0 Å². The number of hydrogen-bond donors (Lipinski definition) is 3. The van der Waals surface area contributed by atoms with Gasteiger partial charge in [0.25, 0.3) is 5.91 Å². The molecule has 138 valence electrons. The third-order valence-electron chi connectivity index (χ3n) is 3.99. The predicted molar refractivity (Wildman–Crippen MR) is 90.4 cm³/mol. The third-order valence-corrected chi connectivity index (χ3v) is 5.53. The van der Waals surface area contributed by atoms with Crippen LogP contribution in [0.4, 0.5) is 4.79 Å². The molecule has 25 heavy (non-hydrogen) atoms. The fraction of sp³-hybridized carbons (Fsp3) is 0.467. The number of primary amides is 1. The van der Waals surface area contributed by atoms with Crippen LogP contribution >= 0.6 is 0 Å². The molecule has 1 aromatic carbocycles. The number of amides is 3. The molecule has 0 radical (unpaired) electrons. The van der Waals surface area contributed by atoms with Gasteiger partial charge in [-0.1, -0.05) is 12.8 Å². The van der Waals surface area contributed by atoms with Crippen LogP contribution in [0.2, 0.25) is 0 Å². The van der Waals surface area contributed by atoms with Crippen molar-refractivity contribution in [3.8, 4) is 5.75 Å². The molecule has 0 saturated heterocycles. The van der Waals surface area contributed by atoms with Crippen LogP contribution in [0.25, 0.3) is 0 Å². The minimum absolute atomic E-state index is 0.0562. The van der Waals surface area contributed by atoms with Crippen molar-refractivity contribution < 1.29 is 22.7 Å². The highest BCUT2D eigenvalue weighted by atomic mass is 32.2. The van der Waals surface area contributed by atoms with Crippen molar-refractivity contribution in [2.75, 3.05) is 14.2 Å². The van der Waals surface area contributed by atoms with Gasteiger partial charge >= 0.3 is 6.03 Å². The number of carbonyl (C=O) groups excluding carboxylic acids is 2. The van der Waals surface area contributed by atoms with Crippen molar-refractivity contribution in [2.24, 2.45) is 5.73 Å². The van der Waals surface area contributed by atoms with Crippen molar-refractivity contribution >= 4 is 22.0 Å². The number of methoxy groups -OCH3 is 1. The smallest absolute Gasteiger partial charge is 0.333 e. The Morgan fingerprint density at radius 1 is 1.28 bits per heavy atom. The summed E-state index contributed by atoms with van der Waals surface area (Å²) in [6.45, 7) is 0. The molecule has 0 spiro atoms. The van der Waals surface area contributed by atoms with E-state index in [2.05, 4.69) is 10.1 Å². The van der Waals surface area contributed by atoms with Crippen molar-refractivity contribution in [2.45, 2.75) is 36.6 Å². The monoisotopic (exact) mass is 370 g/mol. The number of sulfonamides is 1. The first kappa shape index (κ1) is 19.0. The van der Waals surface area contributed by atoms with Crippen LogP contribution in [0, 0.1) is 0 Å². The molecule has 1 aliphatic rings. The number of carbonyl (C=O) groups is 2. The number of rotatable bonds is 5. The molecule has 1 saturated carbocycles. The molecule has 3 amide bonds. The highest BCUT2D eigenvalue weighted by Gasteiger charge is 2.26. The summed E-state index contributed by atoms with van der Waals surface area (Å²) in [7, 11) is -1.21. The van der Waals surface area contributed by atoms with E-state index in [9.17, 15) is 18.0 Å². The maximum atomic E-state index is 12.7. The summed E-state index contributed by atoms with van der Waals surface area (Å²) in [6.07, 6.45) is 3.52. The van der Waals surface area contributed by atoms with Gasteiger partial charge in [-0.15, -0.1) is 0 Å². The molecule has 0 unspecified atom stereocenters. The lowest BCUT2D eigenvalue weighted by Gasteiger charge is -2.17. The van der Waals surface area contributed by atoms with E-state index in [-0.39, 0.29) is 22.3 Å². The van der Waals surface area contributed by atoms with Crippen molar-refractivity contribution in [1.82, 2.24) is 15.2 Å². The van der Waals surface area contributed by atoms with E-state index >= 15 is 0 Å². The van der Waals surface area contributed by atoms with E-state index in [1.807, 2.05) is 0 Å². The zero-order chi connectivity index (χ0) is 18.6. The van der Waals surface area contributed by atoms with Crippen LogP contribution in [-0.2, 0) is 10.0 Å². The van der Waals surface area contributed by atoms with E-state index in [0.29, 0.717) is 0 Å². The topological polar surface area (TPSA) is 131 Å². The molecule has 10 heteroatoms. The fourth-order valence-corrected chi connectivity index (χ4v) is 4.13. The number of hydrazine groups is 1. The van der Waals surface area contributed by atoms with E-state index < -0.39 is 22.0 Å². The Balaban J connectivity index is 2.29. The van der Waals surface area contributed by atoms with Gasteiger partial charge in [0.15, 0.2) is 0 Å². The average Bonchev–Trinajstić information content (AvgIpc) is 3.06. The number of urea groups is 1. The van der Waals surface area contributed by atoms with Crippen LogP contribution in [0.15, 0.2) is 23.1 Å². The second-order valence-corrected chi connectivity index (χ2v) is 7.49. The standard InChI is InChI=1S/C15H22N4O5S/c1-19(15(16)21)17-14(20)10-7-8-12(24-2)13(9-10)25(22,23)18-11-5-3-4-6-11/h7-9,11,18H,3-6H2,1-2H3,(H2,16,21)(H,17,20). The molecule has 1 aromatic rings. The number of ether oxygens (including phenoxy) is 1. The number of benzene rings is 1. The first-order valence-electron chi connectivity index (χ1n) is 7.79. The van der Waals surface area contributed by atoms with Crippen LogP contribution in [0.3, 0.4) is 0 Å². The second kappa shape index (κ2) is 7.70. The second-order valence-electron chi connectivity index (χ2n) is 5.81. The fourth-order valence-electron chi connectivity index (χ4n) is 2.63. The SMILES string of the molecule is COc1ccc(C(=O)NN(C)C(N)=O)cc1S(=O)(=O)NC1CCCC1. The summed E-state index contributed by atoms with van der Waals surface area (Å²) < 4.78 is 33.1. The van der Waals surface area contributed by atoms with Gasteiger partial charge in [0.2, 0.25) is 10.0 Å². The molecule has 0 heterocycles. The Kier molecular flexibility index (Phi) is 5.85. The van der Waals surface area contributed by atoms with Gasteiger partial charge in [0.05, 0.1) is 7.11 Å². The highest BCUT2D eigenvalue weighted by molar-refractivity contribution is 7.89. The summed E-state index contributed by atoms with van der Waals surface area (Å²) >= 11 is 0. The Hall–Kier alpha value is -2.33. The minimum atomic E-state index is -3.85. The molecule has 0 aliphatic heterocycles. The van der Waals surface area contributed by atoms with Crippen LogP contribution in [0.1, 0.15) is 36.0 Å². The maximum absolute atomic E-state index is 12.7. The first-order chi connectivity index (χ1) is 11.7. The molecule has 1 fully saturated rings. The average molecular weight is 370 g/mol. The van der Waals surface area contributed by atoms with Crippen molar-refractivity contribution in [1.29, 1.82) is 0 Å². The van der Waals surface area contributed by atoms with Crippen LogP contribution in [-0.4, -0.2) is 45.6 Å². The van der Waals surface area contributed by atoms with E-state index in [4.69, 9.17) is 10.5 Å². The van der Waals surface area contributed by atoms with Gasteiger partial charge < -0.3 is 10.5 Å². The van der Waals surface area contributed by atoms with E-state index in [0.717, 1.165) is 30.7 Å². The van der Waals surface area contributed by atoms with Gasteiger partial charge in [-0.25, -0.2) is 22.9 Å². The number of hydrogen-bond acceptors (Lipinski definition) is 5. The number of nitrogens with one attached hydrogen (secondary N) is 2. The molecule has 1 aliphatic carbocycles. The zero-order valence-corrected chi connectivity index (χ0v) is 14.9. The molecule has 4 N–H and O–H groups in total. The van der Waals surface area contributed by atoms with Crippen LogP contribution < -0.4 is 20.6 Å². The summed E-state index contributed by atoms with van der Waals surface area (Å²) in [5.74, 6) is -0.536. The van der Waals surface area contributed by atoms with Crippen LogP contribution in [0.5, 0.6) is 5.75 Å². The molecular weight excluding hydrogens is 348 g/mol. The summed E-state index contributed by atoms with van der Waals surface area (Å²) in [5.41, 5.74) is 7.35. The third kappa shape index (κ3) is 4.60. The molecular formula is C15H22N4O5S. The normalized spacial score (nSPS) is 15.0. The molecule has 2 rings (SSSR count). The van der Waals surface area contributed by atoms with Gasteiger partial charge in [0, 0.05) is 18.7 Å². The number of nitrogens with two attached hydrogens (primary N) is 1. The molecule has 0 bridgehead atoms. The minimum Gasteiger partial charge on any atom is -0.495 e. The predicted octanol–water partition coefficient (Wildman–Crippen LogP) is 0.571. The quantitative estimate of drug-likeness (QED) is 0.652. The van der Waals surface area contributed by atoms with Gasteiger partial charge in [0.1, 0.15) is 10.6 Å². The lowest BCUT2D eigenvalue weighted by molar-refractivity contribution is 0.0859. The molecule has 0 atom stereocenters. The highest BCUT2D eigenvalue weighted by Crippen LogP contribution is 2.27. The van der Waals surface area contributed by atoms with Crippen molar-refractivity contribution in [3.05, 3.63) is 23.8 Å². The summed E-state index contributed by atoms with van der Waals surface area (Å²) in [6, 6.07) is 3.03. The summed E-state index contributed by atoms with van der Waals surface area (Å²) in [4.78, 5) is 23.0. The molecule has 9 nitrogen and oxygen atoms in total. The first-order valence-corrected chi connectivity index (χ1v) is 9.27. The zero-order valence-electron chi connectivity index (χ0n) is 14.1.